The van der Waals surface area contributed by atoms with Gasteiger partial charge in [0.25, 0.3) is 0 Å². The van der Waals surface area contributed by atoms with Crippen molar-refractivity contribution < 1.29 is 18.9 Å². The van der Waals surface area contributed by atoms with Gasteiger partial charge in [0.15, 0.2) is 28.8 Å². The smallest absolute Gasteiger partial charge is 0.162 e. The summed E-state index contributed by atoms with van der Waals surface area (Å²) in [5.74, 6) is 3.14. The summed E-state index contributed by atoms with van der Waals surface area (Å²) < 4.78 is 23.9. The van der Waals surface area contributed by atoms with Gasteiger partial charge in [0.05, 0.1) is 52.0 Å². The Hall–Kier alpha value is -3.81. The fourth-order valence-corrected chi connectivity index (χ4v) is 3.50. The molecule has 0 amide bonds. The van der Waals surface area contributed by atoms with E-state index >= 15 is 0 Å². The van der Waals surface area contributed by atoms with E-state index in [1.54, 1.807) is 41.0 Å². The highest BCUT2D eigenvalue weighted by Gasteiger charge is 2.19. The Morgan fingerprint density at radius 2 is 1.48 bits per heavy atom. The molecule has 2 aromatic heterocycles. The van der Waals surface area contributed by atoms with Crippen LogP contribution in [0.5, 0.6) is 23.0 Å². The molecule has 0 spiro atoms. The summed E-state index contributed by atoms with van der Waals surface area (Å²) in [5.41, 5.74) is 2.38. The molecule has 0 fully saturated rings. The summed E-state index contributed by atoms with van der Waals surface area (Å²) in [5, 5.41) is 0.839. The average Bonchev–Trinajstić information content (AvgIpc) is 3.36. The number of nitrogens with zero attached hydrogens (tertiary/aromatic N) is 4. The molecule has 0 aliphatic carbocycles. The van der Waals surface area contributed by atoms with E-state index in [4.69, 9.17) is 28.9 Å². The minimum Gasteiger partial charge on any atom is -0.493 e. The number of aromatic nitrogens is 4. The molecular formula is C23H24N4O4. The first kappa shape index (κ1) is 20.5. The van der Waals surface area contributed by atoms with Crippen LogP contribution >= 0.6 is 0 Å². The lowest BCUT2D eigenvalue weighted by Crippen LogP contribution is -2.10. The van der Waals surface area contributed by atoms with E-state index in [0.717, 1.165) is 22.2 Å². The normalized spacial score (nSPS) is 11.9. The molecule has 0 radical (unpaired) electrons. The SMILES string of the molecule is COc1ccc(-c2nc(C(C)n3ccnc3)nc3cc(OC)c(OC)cc23)cc1OC. The van der Waals surface area contributed by atoms with Gasteiger partial charge in [-0.1, -0.05) is 0 Å². The number of hydrogen-bond acceptors (Lipinski definition) is 7. The van der Waals surface area contributed by atoms with Crippen molar-refractivity contribution in [1.29, 1.82) is 0 Å². The maximum absolute atomic E-state index is 5.52. The second kappa shape index (κ2) is 8.51. The van der Waals surface area contributed by atoms with E-state index in [9.17, 15) is 0 Å². The van der Waals surface area contributed by atoms with Crippen LogP contribution in [-0.4, -0.2) is 48.0 Å². The van der Waals surface area contributed by atoms with Gasteiger partial charge in [-0.15, -0.1) is 0 Å². The highest BCUT2D eigenvalue weighted by Crippen LogP contribution is 2.38. The fourth-order valence-electron chi connectivity index (χ4n) is 3.50. The van der Waals surface area contributed by atoms with Crippen LogP contribution in [0.4, 0.5) is 0 Å². The Morgan fingerprint density at radius 3 is 2.13 bits per heavy atom. The van der Waals surface area contributed by atoms with Crippen LogP contribution in [-0.2, 0) is 0 Å². The molecule has 4 rings (SSSR count). The summed E-state index contributed by atoms with van der Waals surface area (Å²) in [7, 11) is 6.44. The first-order valence-corrected chi connectivity index (χ1v) is 9.73. The number of imidazole rings is 1. The van der Waals surface area contributed by atoms with Gasteiger partial charge in [0.2, 0.25) is 0 Å². The van der Waals surface area contributed by atoms with Crippen LogP contribution < -0.4 is 18.9 Å². The second-order valence-corrected chi connectivity index (χ2v) is 6.91. The van der Waals surface area contributed by atoms with Crippen LogP contribution in [0.1, 0.15) is 18.8 Å². The molecule has 0 aliphatic heterocycles. The maximum Gasteiger partial charge on any atom is 0.162 e. The van der Waals surface area contributed by atoms with Gasteiger partial charge >= 0.3 is 0 Å². The van der Waals surface area contributed by atoms with E-state index in [1.165, 1.54) is 0 Å². The van der Waals surface area contributed by atoms with Gasteiger partial charge < -0.3 is 23.5 Å². The van der Waals surface area contributed by atoms with Gasteiger partial charge in [-0.25, -0.2) is 15.0 Å². The number of rotatable bonds is 7. The molecule has 2 heterocycles. The fraction of sp³-hybridized carbons (Fsp3) is 0.261. The molecular weight excluding hydrogens is 396 g/mol. The minimum absolute atomic E-state index is 0.112. The average molecular weight is 420 g/mol. The second-order valence-electron chi connectivity index (χ2n) is 6.91. The molecule has 1 unspecified atom stereocenters. The van der Waals surface area contributed by atoms with Gasteiger partial charge in [-0.2, -0.15) is 0 Å². The van der Waals surface area contributed by atoms with E-state index in [1.807, 2.05) is 48.0 Å². The predicted molar refractivity (Wildman–Crippen MR) is 117 cm³/mol. The van der Waals surface area contributed by atoms with Crippen molar-refractivity contribution in [2.24, 2.45) is 0 Å². The van der Waals surface area contributed by atoms with Crippen molar-refractivity contribution >= 4 is 10.9 Å². The molecule has 2 aromatic carbocycles. The first-order chi connectivity index (χ1) is 15.1. The molecule has 8 heteroatoms. The van der Waals surface area contributed by atoms with Crippen molar-refractivity contribution in [2.45, 2.75) is 13.0 Å². The number of ether oxygens (including phenoxy) is 4. The van der Waals surface area contributed by atoms with Crippen molar-refractivity contribution in [3.05, 3.63) is 54.9 Å². The molecule has 1 atom stereocenters. The van der Waals surface area contributed by atoms with E-state index in [-0.39, 0.29) is 6.04 Å². The minimum atomic E-state index is -0.112. The van der Waals surface area contributed by atoms with Crippen molar-refractivity contribution in [1.82, 2.24) is 19.5 Å². The molecule has 0 N–H and O–H groups in total. The van der Waals surface area contributed by atoms with Gasteiger partial charge in [-0.05, 0) is 31.2 Å². The number of methoxy groups -OCH3 is 4. The van der Waals surface area contributed by atoms with Gasteiger partial charge in [0.1, 0.15) is 0 Å². The lowest BCUT2D eigenvalue weighted by Gasteiger charge is -2.17. The third kappa shape index (κ3) is 3.72. The van der Waals surface area contributed by atoms with E-state index < -0.39 is 0 Å². The summed E-state index contributed by atoms with van der Waals surface area (Å²) in [6.45, 7) is 2.03. The Bertz CT molecular complexity index is 1210. The zero-order valence-corrected chi connectivity index (χ0v) is 18.1. The van der Waals surface area contributed by atoms with Crippen molar-refractivity contribution in [3.8, 4) is 34.3 Å². The third-order valence-corrected chi connectivity index (χ3v) is 5.22. The Balaban J connectivity index is 1.99. The summed E-state index contributed by atoms with van der Waals surface area (Å²) in [4.78, 5) is 13.9. The third-order valence-electron chi connectivity index (χ3n) is 5.22. The topological polar surface area (TPSA) is 80.5 Å². The monoisotopic (exact) mass is 420 g/mol. The van der Waals surface area contributed by atoms with Crippen LogP contribution in [0.3, 0.4) is 0 Å². The Labute approximate surface area is 180 Å². The molecule has 0 saturated carbocycles. The quantitative estimate of drug-likeness (QED) is 0.444. The van der Waals surface area contributed by atoms with Crippen LogP contribution in [0.25, 0.3) is 22.2 Å². The van der Waals surface area contributed by atoms with Crippen molar-refractivity contribution in [3.63, 3.8) is 0 Å². The van der Waals surface area contributed by atoms with E-state index in [2.05, 4.69) is 4.98 Å². The molecule has 4 aromatic rings. The van der Waals surface area contributed by atoms with Crippen LogP contribution in [0.2, 0.25) is 0 Å². The first-order valence-electron chi connectivity index (χ1n) is 9.73. The van der Waals surface area contributed by atoms with Gasteiger partial charge in [0, 0.05) is 29.4 Å². The summed E-state index contributed by atoms with van der Waals surface area (Å²) in [6.07, 6.45) is 5.38. The highest BCUT2D eigenvalue weighted by molar-refractivity contribution is 5.95. The van der Waals surface area contributed by atoms with E-state index in [0.29, 0.717) is 28.8 Å². The number of fused-ring (bicyclic) bond motifs is 1. The summed E-state index contributed by atoms with van der Waals surface area (Å²) in [6, 6.07) is 9.37. The number of benzene rings is 2. The highest BCUT2D eigenvalue weighted by atomic mass is 16.5. The van der Waals surface area contributed by atoms with Crippen LogP contribution in [0.15, 0.2) is 49.1 Å². The Morgan fingerprint density at radius 1 is 0.806 bits per heavy atom. The zero-order chi connectivity index (χ0) is 22.0. The molecule has 0 aliphatic rings. The maximum atomic E-state index is 5.52. The molecule has 160 valence electrons. The lowest BCUT2D eigenvalue weighted by atomic mass is 10.0. The number of hydrogen-bond donors (Lipinski definition) is 0. The predicted octanol–water partition coefficient (Wildman–Crippen LogP) is 4.14. The molecule has 0 bridgehead atoms. The zero-order valence-electron chi connectivity index (χ0n) is 18.1. The summed E-state index contributed by atoms with van der Waals surface area (Å²) >= 11 is 0. The van der Waals surface area contributed by atoms with Gasteiger partial charge in [-0.3, -0.25) is 0 Å². The standard InChI is InChI=1S/C23H24N4O4/c1-14(27-9-8-24-13-27)23-25-17-12-21(31-5)20(30-4)11-16(17)22(26-23)15-6-7-18(28-2)19(10-15)29-3/h6-14H,1-5H3. The molecule has 31 heavy (non-hydrogen) atoms. The van der Waals surface area contributed by atoms with Crippen molar-refractivity contribution in [2.75, 3.05) is 28.4 Å². The molecule has 8 nitrogen and oxygen atoms in total. The molecule has 0 saturated heterocycles. The van der Waals surface area contributed by atoms with Crippen LogP contribution in [0, 0.1) is 0 Å². The lowest BCUT2D eigenvalue weighted by molar-refractivity contribution is 0.355. The largest absolute Gasteiger partial charge is 0.493 e. The Kier molecular flexibility index (Phi) is 5.62.